The quantitative estimate of drug-likeness (QED) is 0.403. The molecule has 0 aliphatic heterocycles. The van der Waals surface area contributed by atoms with Crippen molar-refractivity contribution in [2.45, 2.75) is 18.5 Å². The number of para-hydroxylation sites is 1. The summed E-state index contributed by atoms with van der Waals surface area (Å²) in [6.07, 6.45) is -7.53. The maximum absolute atomic E-state index is 12.9. The van der Waals surface area contributed by atoms with Gasteiger partial charge in [-0.3, -0.25) is 0 Å². The summed E-state index contributed by atoms with van der Waals surface area (Å²) in [5.74, 6) is -9.47. The molecule has 0 aromatic heterocycles. The lowest BCUT2D eigenvalue weighted by atomic mass is 10.1. The number of alkyl halides is 5. The lowest BCUT2D eigenvalue weighted by Crippen LogP contribution is -2.38. The number of rotatable bonds is 3. The fraction of sp³-hybridized carbons (Fsp3) is 0.273. The summed E-state index contributed by atoms with van der Waals surface area (Å²) in [7, 11) is 0. The molecular weight excluding hydrogens is 291 g/mol. The summed E-state index contributed by atoms with van der Waals surface area (Å²) >= 11 is 0. The summed E-state index contributed by atoms with van der Waals surface area (Å²) < 4.78 is 66.3. The Hall–Kier alpha value is -2.19. The lowest BCUT2D eigenvalue weighted by molar-refractivity contribution is -0.281. The fourth-order valence-corrected chi connectivity index (χ4v) is 1.23. The van der Waals surface area contributed by atoms with E-state index in [0.717, 1.165) is 18.2 Å². The van der Waals surface area contributed by atoms with Crippen LogP contribution < -0.4 is 4.74 Å². The zero-order valence-corrected chi connectivity index (χ0v) is 9.58. The average Bonchev–Trinajstić information content (AvgIpc) is 2.29. The molecule has 0 radical (unpaired) electrons. The van der Waals surface area contributed by atoms with Crippen molar-refractivity contribution in [3.8, 4) is 5.75 Å². The van der Waals surface area contributed by atoms with Gasteiger partial charge in [0.15, 0.2) is 0 Å². The Balaban J connectivity index is 3.03. The number of carboxylic acids is 1. The minimum Gasteiger partial charge on any atom is -0.473 e. The summed E-state index contributed by atoms with van der Waals surface area (Å²) in [6, 6.07) is 4.15. The SMILES string of the molecule is O=C(O)C(=O)Oc1ccccc1CC(F)(F)C(F)(F)F. The van der Waals surface area contributed by atoms with E-state index in [1.807, 2.05) is 0 Å². The molecule has 0 aliphatic carbocycles. The van der Waals surface area contributed by atoms with Crippen molar-refractivity contribution in [1.82, 2.24) is 0 Å². The lowest BCUT2D eigenvalue weighted by Gasteiger charge is -2.20. The highest BCUT2D eigenvalue weighted by molar-refractivity contribution is 6.29. The molecule has 0 amide bonds. The van der Waals surface area contributed by atoms with Crippen LogP contribution in [0.3, 0.4) is 0 Å². The normalized spacial score (nSPS) is 12.1. The Morgan fingerprint density at radius 2 is 1.65 bits per heavy atom. The molecule has 1 aromatic rings. The van der Waals surface area contributed by atoms with Gasteiger partial charge < -0.3 is 9.84 Å². The van der Waals surface area contributed by atoms with Gasteiger partial charge in [-0.15, -0.1) is 0 Å². The number of hydrogen-bond acceptors (Lipinski definition) is 3. The molecule has 0 unspecified atom stereocenters. The third kappa shape index (κ3) is 3.65. The van der Waals surface area contributed by atoms with Gasteiger partial charge in [-0.1, -0.05) is 18.2 Å². The Kier molecular flexibility index (Phi) is 4.31. The first-order chi connectivity index (χ1) is 9.04. The highest BCUT2D eigenvalue weighted by atomic mass is 19.4. The molecule has 0 spiro atoms. The molecule has 0 bridgehead atoms. The van der Waals surface area contributed by atoms with Gasteiger partial charge in [-0.25, -0.2) is 9.59 Å². The van der Waals surface area contributed by atoms with Crippen LogP contribution in [0.15, 0.2) is 24.3 Å². The Morgan fingerprint density at radius 3 is 2.15 bits per heavy atom. The van der Waals surface area contributed by atoms with Crippen molar-refractivity contribution < 1.29 is 41.4 Å². The first-order valence-electron chi connectivity index (χ1n) is 5.02. The van der Waals surface area contributed by atoms with Gasteiger partial charge in [-0.2, -0.15) is 22.0 Å². The minimum absolute atomic E-state index is 0.635. The van der Waals surface area contributed by atoms with Gasteiger partial charge in [0.25, 0.3) is 0 Å². The van der Waals surface area contributed by atoms with Crippen LogP contribution in [0.2, 0.25) is 0 Å². The predicted octanol–water partition coefficient (Wildman–Crippen LogP) is 2.42. The number of carbonyl (C=O) groups excluding carboxylic acids is 1. The minimum atomic E-state index is -5.77. The highest BCUT2D eigenvalue weighted by Gasteiger charge is 2.57. The van der Waals surface area contributed by atoms with E-state index in [4.69, 9.17) is 5.11 Å². The molecule has 0 fully saturated rings. The van der Waals surface area contributed by atoms with E-state index in [0.29, 0.717) is 0 Å². The molecule has 0 heterocycles. The molecule has 110 valence electrons. The van der Waals surface area contributed by atoms with Crippen LogP contribution in [0.4, 0.5) is 22.0 Å². The average molecular weight is 298 g/mol. The number of hydrogen-bond donors (Lipinski definition) is 1. The Bertz CT molecular complexity index is 524. The number of carboxylic acid groups (broad SMARTS) is 1. The molecule has 1 N–H and O–H groups in total. The van der Waals surface area contributed by atoms with Crippen LogP contribution >= 0.6 is 0 Å². The van der Waals surface area contributed by atoms with Crippen LogP contribution in [-0.4, -0.2) is 29.1 Å². The second kappa shape index (κ2) is 5.43. The van der Waals surface area contributed by atoms with Crippen molar-refractivity contribution >= 4 is 11.9 Å². The first-order valence-corrected chi connectivity index (χ1v) is 5.02. The van der Waals surface area contributed by atoms with Gasteiger partial charge in [0.2, 0.25) is 0 Å². The zero-order chi connectivity index (χ0) is 15.6. The van der Waals surface area contributed by atoms with Crippen LogP contribution in [0.1, 0.15) is 5.56 Å². The molecule has 0 saturated heterocycles. The van der Waals surface area contributed by atoms with Crippen LogP contribution in [0, 0.1) is 0 Å². The molecule has 4 nitrogen and oxygen atoms in total. The molecule has 0 atom stereocenters. The van der Waals surface area contributed by atoms with Crippen molar-refractivity contribution in [1.29, 1.82) is 0 Å². The topological polar surface area (TPSA) is 63.6 Å². The standard InChI is InChI=1S/C11H7F5O4/c12-10(13,11(14,15)16)5-6-3-1-2-4-7(6)20-9(19)8(17)18/h1-4H,5H2,(H,17,18). The largest absolute Gasteiger partial charge is 0.473 e. The van der Waals surface area contributed by atoms with Crippen LogP contribution in [0.25, 0.3) is 0 Å². The third-order valence-electron chi connectivity index (χ3n) is 2.18. The number of aliphatic carboxylic acids is 1. The van der Waals surface area contributed by atoms with Gasteiger partial charge >= 0.3 is 24.0 Å². The van der Waals surface area contributed by atoms with E-state index in [-0.39, 0.29) is 0 Å². The van der Waals surface area contributed by atoms with Gasteiger partial charge in [0, 0.05) is 12.0 Å². The highest BCUT2D eigenvalue weighted by Crippen LogP contribution is 2.39. The number of halogens is 5. The summed E-state index contributed by atoms with van der Waals surface area (Å²) in [4.78, 5) is 21.1. The second-order valence-corrected chi connectivity index (χ2v) is 3.68. The summed E-state index contributed by atoms with van der Waals surface area (Å²) in [5.41, 5.74) is -0.635. The second-order valence-electron chi connectivity index (χ2n) is 3.68. The number of carbonyl (C=O) groups is 2. The summed E-state index contributed by atoms with van der Waals surface area (Å²) in [5, 5.41) is 8.29. The van der Waals surface area contributed by atoms with E-state index >= 15 is 0 Å². The maximum Gasteiger partial charge on any atom is 0.453 e. The molecule has 1 rings (SSSR count). The van der Waals surface area contributed by atoms with Crippen LogP contribution in [-0.2, 0) is 16.0 Å². The molecule has 0 saturated carbocycles. The fourth-order valence-electron chi connectivity index (χ4n) is 1.23. The molecule has 0 aliphatic rings. The van der Waals surface area contributed by atoms with E-state index < -0.39 is 41.8 Å². The van der Waals surface area contributed by atoms with Crippen molar-refractivity contribution in [3.05, 3.63) is 29.8 Å². The van der Waals surface area contributed by atoms with Crippen LogP contribution in [0.5, 0.6) is 5.75 Å². The third-order valence-corrected chi connectivity index (χ3v) is 2.18. The Labute approximate surface area is 108 Å². The molecule has 9 heteroatoms. The van der Waals surface area contributed by atoms with Gasteiger partial charge in [-0.05, 0) is 6.07 Å². The zero-order valence-electron chi connectivity index (χ0n) is 9.58. The smallest absolute Gasteiger partial charge is 0.453 e. The van der Waals surface area contributed by atoms with E-state index in [2.05, 4.69) is 4.74 Å². The predicted molar refractivity (Wildman–Crippen MR) is 54.4 cm³/mol. The molecule has 1 aromatic carbocycles. The first kappa shape index (κ1) is 15.9. The molecular formula is C11H7F5O4. The van der Waals surface area contributed by atoms with Crippen molar-refractivity contribution in [2.75, 3.05) is 0 Å². The number of benzene rings is 1. The van der Waals surface area contributed by atoms with E-state index in [1.54, 1.807) is 0 Å². The maximum atomic E-state index is 12.9. The summed E-state index contributed by atoms with van der Waals surface area (Å²) in [6.45, 7) is 0. The van der Waals surface area contributed by atoms with Gasteiger partial charge in [0.05, 0.1) is 0 Å². The number of ether oxygens (including phenoxy) is 1. The van der Waals surface area contributed by atoms with Gasteiger partial charge in [0.1, 0.15) is 5.75 Å². The van der Waals surface area contributed by atoms with Crippen molar-refractivity contribution in [2.24, 2.45) is 0 Å². The Morgan fingerprint density at radius 1 is 1.10 bits per heavy atom. The van der Waals surface area contributed by atoms with E-state index in [1.165, 1.54) is 6.07 Å². The molecule has 20 heavy (non-hydrogen) atoms. The monoisotopic (exact) mass is 298 g/mol. The van der Waals surface area contributed by atoms with Crippen molar-refractivity contribution in [3.63, 3.8) is 0 Å². The number of esters is 1. The van der Waals surface area contributed by atoms with E-state index in [9.17, 15) is 31.5 Å².